The maximum absolute atomic E-state index is 13.2. The fourth-order valence-electron chi connectivity index (χ4n) is 3.75. The summed E-state index contributed by atoms with van der Waals surface area (Å²) in [6, 6.07) is 13.6. The molecule has 2 aliphatic heterocycles. The van der Waals surface area contributed by atoms with Crippen molar-refractivity contribution in [3.05, 3.63) is 53.6 Å². The number of quaternary nitrogens is 1. The van der Waals surface area contributed by atoms with Crippen LogP contribution in [0.3, 0.4) is 0 Å². The average Bonchev–Trinajstić information content (AvgIpc) is 3.18. The van der Waals surface area contributed by atoms with Crippen LogP contribution in [-0.2, 0) is 0 Å². The molecule has 0 bridgehead atoms. The van der Waals surface area contributed by atoms with Crippen LogP contribution in [0, 0.1) is 0 Å². The lowest BCUT2D eigenvalue weighted by molar-refractivity contribution is -0.895. The van der Waals surface area contributed by atoms with E-state index in [0.717, 1.165) is 47.9 Å². The van der Waals surface area contributed by atoms with Gasteiger partial charge in [0.05, 0.1) is 31.7 Å². The molecule has 0 fully saturated rings. The molecule has 0 aromatic heterocycles. The molecule has 1 atom stereocenters. The third-order valence-corrected chi connectivity index (χ3v) is 5.44. The first-order chi connectivity index (χ1) is 13.2. The zero-order chi connectivity index (χ0) is 18.8. The molecule has 0 unspecified atom stereocenters. The molecule has 2 heterocycles. The van der Waals surface area contributed by atoms with Crippen LogP contribution in [0.4, 0.5) is 5.69 Å². The Balaban J connectivity index is 1.67. The quantitative estimate of drug-likeness (QED) is 0.818. The summed E-state index contributed by atoms with van der Waals surface area (Å²) in [7, 11) is 0. The number of rotatable bonds is 6. The Morgan fingerprint density at radius 2 is 1.89 bits per heavy atom. The van der Waals surface area contributed by atoms with Crippen molar-refractivity contribution in [1.29, 1.82) is 0 Å². The molecule has 6 nitrogen and oxygen atoms in total. The normalized spacial score (nSPS) is 17.8. The van der Waals surface area contributed by atoms with Gasteiger partial charge in [0.2, 0.25) is 6.79 Å². The van der Waals surface area contributed by atoms with E-state index >= 15 is 0 Å². The van der Waals surface area contributed by atoms with E-state index in [2.05, 4.69) is 19.2 Å². The van der Waals surface area contributed by atoms with E-state index in [1.54, 1.807) is 0 Å². The smallest absolute Gasteiger partial charge is 0.258 e. The molecule has 4 rings (SSSR count). The zero-order valence-corrected chi connectivity index (χ0v) is 15.8. The summed E-state index contributed by atoms with van der Waals surface area (Å²) in [5.41, 5.74) is 2.59. The van der Waals surface area contributed by atoms with Gasteiger partial charge in [-0.25, -0.2) is 0 Å². The lowest BCUT2D eigenvalue weighted by atomic mass is 10.0. The molecule has 2 aromatic carbocycles. The van der Waals surface area contributed by atoms with Crippen LogP contribution in [-0.4, -0.2) is 43.8 Å². The van der Waals surface area contributed by atoms with Crippen molar-refractivity contribution in [3.8, 4) is 11.5 Å². The van der Waals surface area contributed by atoms with Gasteiger partial charge in [0.15, 0.2) is 11.5 Å². The standard InChI is InChI=1S/C21H25N3O3/c1-3-23(4-2)11-12-24-20(15-9-10-18-19(13-15)27-14-26-18)22-17-8-6-5-7-16(17)21(24)25/h5-10,13,20,22H,3-4,11-12,14H2,1-2H3/p+1/t20-/m0/s1. The molecule has 0 radical (unpaired) electrons. The maximum Gasteiger partial charge on any atom is 0.258 e. The number of amides is 1. The Hall–Kier alpha value is -2.73. The van der Waals surface area contributed by atoms with E-state index in [1.165, 1.54) is 4.90 Å². The second-order valence-electron chi connectivity index (χ2n) is 6.91. The highest BCUT2D eigenvalue weighted by atomic mass is 16.7. The number of carbonyl (C=O) groups excluding carboxylic acids is 1. The molecule has 2 aromatic rings. The van der Waals surface area contributed by atoms with Gasteiger partial charge in [0, 0.05) is 5.69 Å². The first-order valence-electron chi connectivity index (χ1n) is 9.61. The molecule has 142 valence electrons. The molecule has 2 aliphatic rings. The van der Waals surface area contributed by atoms with E-state index in [1.807, 2.05) is 47.4 Å². The van der Waals surface area contributed by atoms with E-state index in [4.69, 9.17) is 9.47 Å². The fraction of sp³-hybridized carbons (Fsp3) is 0.381. The second kappa shape index (κ2) is 7.48. The van der Waals surface area contributed by atoms with E-state index in [9.17, 15) is 4.79 Å². The summed E-state index contributed by atoms with van der Waals surface area (Å²) in [5, 5.41) is 3.54. The predicted molar refractivity (Wildman–Crippen MR) is 103 cm³/mol. The molecule has 27 heavy (non-hydrogen) atoms. The molecular formula is C21H26N3O3+. The van der Waals surface area contributed by atoms with Gasteiger partial charge in [0.1, 0.15) is 6.17 Å². The Labute approximate surface area is 159 Å². The van der Waals surface area contributed by atoms with Gasteiger partial charge in [-0.15, -0.1) is 0 Å². The van der Waals surface area contributed by atoms with Crippen LogP contribution < -0.4 is 19.7 Å². The summed E-state index contributed by atoms with van der Waals surface area (Å²) in [6.07, 6.45) is -0.225. The van der Waals surface area contributed by atoms with E-state index < -0.39 is 0 Å². The number of nitrogens with zero attached hydrogens (tertiary/aromatic N) is 1. The van der Waals surface area contributed by atoms with Gasteiger partial charge >= 0.3 is 0 Å². The Bertz CT molecular complexity index is 835. The summed E-state index contributed by atoms with van der Waals surface area (Å²) in [6.45, 7) is 8.32. The summed E-state index contributed by atoms with van der Waals surface area (Å²) < 4.78 is 11.0. The molecule has 0 saturated carbocycles. The van der Waals surface area contributed by atoms with Gasteiger partial charge < -0.3 is 24.6 Å². The fourth-order valence-corrected chi connectivity index (χ4v) is 3.75. The highest BCUT2D eigenvalue weighted by Gasteiger charge is 2.34. The lowest BCUT2D eigenvalue weighted by Gasteiger charge is -2.38. The monoisotopic (exact) mass is 368 g/mol. The van der Waals surface area contributed by atoms with Crippen molar-refractivity contribution in [2.75, 3.05) is 38.3 Å². The van der Waals surface area contributed by atoms with Crippen LogP contribution in [0.2, 0.25) is 0 Å². The van der Waals surface area contributed by atoms with Gasteiger partial charge in [-0.1, -0.05) is 18.2 Å². The van der Waals surface area contributed by atoms with Gasteiger partial charge in [-0.3, -0.25) is 4.79 Å². The molecule has 0 saturated heterocycles. The maximum atomic E-state index is 13.2. The van der Waals surface area contributed by atoms with Crippen molar-refractivity contribution >= 4 is 11.6 Å². The zero-order valence-electron chi connectivity index (χ0n) is 15.8. The van der Waals surface area contributed by atoms with E-state index in [0.29, 0.717) is 6.54 Å². The molecule has 1 amide bonds. The molecule has 6 heteroatoms. The van der Waals surface area contributed by atoms with Crippen LogP contribution in [0.15, 0.2) is 42.5 Å². The Morgan fingerprint density at radius 3 is 2.70 bits per heavy atom. The van der Waals surface area contributed by atoms with Crippen molar-refractivity contribution in [2.45, 2.75) is 20.0 Å². The number of para-hydroxylation sites is 1. The van der Waals surface area contributed by atoms with Gasteiger partial charge in [-0.05, 0) is 43.7 Å². The number of likely N-dealkylation sites (N-methyl/N-ethyl adjacent to an activating group) is 1. The Morgan fingerprint density at radius 1 is 1.11 bits per heavy atom. The minimum absolute atomic E-state index is 0.0681. The number of hydrogen-bond acceptors (Lipinski definition) is 4. The number of ether oxygens (including phenoxy) is 2. The molecule has 2 N–H and O–H groups in total. The second-order valence-corrected chi connectivity index (χ2v) is 6.91. The van der Waals surface area contributed by atoms with Gasteiger partial charge in [0.25, 0.3) is 5.91 Å². The van der Waals surface area contributed by atoms with Gasteiger partial charge in [-0.2, -0.15) is 0 Å². The van der Waals surface area contributed by atoms with Crippen molar-refractivity contribution in [2.24, 2.45) is 0 Å². The van der Waals surface area contributed by atoms with Crippen LogP contribution >= 0.6 is 0 Å². The van der Waals surface area contributed by atoms with Crippen molar-refractivity contribution < 1.29 is 19.2 Å². The first-order valence-corrected chi connectivity index (χ1v) is 9.61. The first kappa shape index (κ1) is 17.7. The number of anilines is 1. The average molecular weight is 368 g/mol. The number of nitrogens with one attached hydrogen (secondary N) is 2. The summed E-state index contributed by atoms with van der Waals surface area (Å²) in [5.74, 6) is 1.55. The van der Waals surface area contributed by atoms with Crippen LogP contribution in [0.5, 0.6) is 11.5 Å². The van der Waals surface area contributed by atoms with E-state index in [-0.39, 0.29) is 18.9 Å². The minimum atomic E-state index is -0.225. The largest absolute Gasteiger partial charge is 0.454 e. The van der Waals surface area contributed by atoms with Crippen LogP contribution in [0.25, 0.3) is 0 Å². The highest BCUT2D eigenvalue weighted by Crippen LogP contribution is 2.38. The van der Waals surface area contributed by atoms with Crippen LogP contribution in [0.1, 0.15) is 35.9 Å². The summed E-state index contributed by atoms with van der Waals surface area (Å²) >= 11 is 0. The molecule has 0 aliphatic carbocycles. The number of fused-ring (bicyclic) bond motifs is 2. The molecular weight excluding hydrogens is 342 g/mol. The molecule has 0 spiro atoms. The highest BCUT2D eigenvalue weighted by molar-refractivity contribution is 6.01. The number of benzene rings is 2. The van der Waals surface area contributed by atoms with Crippen molar-refractivity contribution in [3.63, 3.8) is 0 Å². The SMILES string of the molecule is CC[NH+](CC)CCN1C(=O)c2ccccc2N[C@@H]1c1ccc2c(c1)OCO2. The number of carbonyl (C=O) groups is 1. The minimum Gasteiger partial charge on any atom is -0.454 e. The lowest BCUT2D eigenvalue weighted by Crippen LogP contribution is -3.12. The summed E-state index contributed by atoms with van der Waals surface area (Å²) in [4.78, 5) is 16.7. The third kappa shape index (κ3) is 3.32. The topological polar surface area (TPSA) is 55.2 Å². The Kier molecular flexibility index (Phi) is 4.90. The number of hydrogen-bond donors (Lipinski definition) is 2. The van der Waals surface area contributed by atoms with Crippen molar-refractivity contribution in [1.82, 2.24) is 4.90 Å². The predicted octanol–water partition coefficient (Wildman–Crippen LogP) is 1.91. The third-order valence-electron chi connectivity index (χ3n) is 5.44.